The van der Waals surface area contributed by atoms with Gasteiger partial charge in [-0.1, -0.05) is 0 Å². The summed E-state index contributed by atoms with van der Waals surface area (Å²) in [6, 6.07) is 11.1. The molecule has 6 nitrogen and oxygen atoms in total. The van der Waals surface area contributed by atoms with Crippen molar-refractivity contribution in [3.8, 4) is 17.1 Å². The number of nitrogens with zero attached hydrogens (tertiary/aromatic N) is 1. The first kappa shape index (κ1) is 13.0. The van der Waals surface area contributed by atoms with Crippen molar-refractivity contribution < 1.29 is 13.9 Å². The summed E-state index contributed by atoms with van der Waals surface area (Å²) in [5, 5.41) is 2.40. The van der Waals surface area contributed by atoms with Gasteiger partial charge in [-0.2, -0.15) is 0 Å². The van der Waals surface area contributed by atoms with Crippen LogP contribution in [-0.4, -0.2) is 19.0 Å². The third-order valence-electron chi connectivity index (χ3n) is 3.00. The number of furan rings is 1. The second-order valence-corrected chi connectivity index (χ2v) is 4.41. The standard InChI is InChI=1S/C15H13N3O3/c1-20-10-4-2-9(3-5-10)13-7-6-11(21-13)8-12-14(19)18-15(16)17-12/h2-8H,1H3,(H3,16,17,18,19)/b12-8+. The van der Waals surface area contributed by atoms with E-state index >= 15 is 0 Å². The molecular weight excluding hydrogens is 270 g/mol. The number of hydrogen-bond donors (Lipinski definition) is 2. The van der Waals surface area contributed by atoms with Crippen molar-refractivity contribution in [2.75, 3.05) is 7.11 Å². The van der Waals surface area contributed by atoms with Crippen molar-refractivity contribution in [3.05, 3.63) is 47.9 Å². The van der Waals surface area contributed by atoms with E-state index in [1.165, 1.54) is 0 Å². The first-order chi connectivity index (χ1) is 10.2. The molecule has 0 saturated carbocycles. The molecule has 0 aliphatic carbocycles. The van der Waals surface area contributed by atoms with Crippen molar-refractivity contribution >= 4 is 17.9 Å². The van der Waals surface area contributed by atoms with E-state index in [2.05, 4.69) is 10.3 Å². The molecule has 106 valence electrons. The maximum absolute atomic E-state index is 11.5. The van der Waals surface area contributed by atoms with E-state index < -0.39 is 0 Å². The van der Waals surface area contributed by atoms with Crippen LogP contribution in [0.15, 0.2) is 51.5 Å². The van der Waals surface area contributed by atoms with Gasteiger partial charge in [-0.25, -0.2) is 4.99 Å². The predicted octanol–water partition coefficient (Wildman–Crippen LogP) is 1.74. The summed E-state index contributed by atoms with van der Waals surface area (Å²) in [5.74, 6) is 1.76. The lowest BCUT2D eigenvalue weighted by molar-refractivity contribution is -0.115. The first-order valence-electron chi connectivity index (χ1n) is 6.27. The SMILES string of the molecule is COc1ccc(-c2ccc(/C=C3/N=C(N)NC3=O)o2)cc1. The van der Waals surface area contributed by atoms with Gasteiger partial charge in [0, 0.05) is 11.6 Å². The molecule has 1 aliphatic rings. The largest absolute Gasteiger partial charge is 0.497 e. The molecule has 0 saturated heterocycles. The molecular formula is C15H13N3O3. The van der Waals surface area contributed by atoms with Crippen LogP contribution in [0.5, 0.6) is 5.75 Å². The Labute approximate surface area is 120 Å². The number of rotatable bonds is 3. The third kappa shape index (κ3) is 2.64. The highest BCUT2D eigenvalue weighted by Crippen LogP contribution is 2.25. The molecule has 0 atom stereocenters. The lowest BCUT2D eigenvalue weighted by Gasteiger charge is -2.00. The number of carbonyl (C=O) groups excluding carboxylic acids is 1. The maximum atomic E-state index is 11.5. The molecule has 0 bridgehead atoms. The highest BCUT2D eigenvalue weighted by molar-refractivity contribution is 6.13. The molecule has 1 aliphatic heterocycles. The van der Waals surface area contributed by atoms with Crippen molar-refractivity contribution in [3.63, 3.8) is 0 Å². The molecule has 3 rings (SSSR count). The summed E-state index contributed by atoms with van der Waals surface area (Å²) >= 11 is 0. The van der Waals surface area contributed by atoms with Crippen molar-refractivity contribution in [1.29, 1.82) is 0 Å². The Morgan fingerprint density at radius 1 is 1.24 bits per heavy atom. The van der Waals surface area contributed by atoms with E-state index in [9.17, 15) is 4.79 Å². The van der Waals surface area contributed by atoms with Crippen LogP contribution < -0.4 is 15.8 Å². The van der Waals surface area contributed by atoms with Crippen LogP contribution in [0.4, 0.5) is 0 Å². The number of aliphatic imine (C=N–C) groups is 1. The van der Waals surface area contributed by atoms with E-state index in [-0.39, 0.29) is 17.6 Å². The molecule has 1 aromatic heterocycles. The van der Waals surface area contributed by atoms with Crippen LogP contribution in [0.2, 0.25) is 0 Å². The van der Waals surface area contributed by atoms with Crippen molar-refractivity contribution in [2.45, 2.75) is 0 Å². The Hall–Kier alpha value is -3.02. The Bertz CT molecular complexity index is 742. The molecule has 2 heterocycles. The molecule has 21 heavy (non-hydrogen) atoms. The van der Waals surface area contributed by atoms with Crippen molar-refractivity contribution in [1.82, 2.24) is 5.32 Å². The summed E-state index contributed by atoms with van der Waals surface area (Å²) in [6.07, 6.45) is 1.54. The Balaban J connectivity index is 1.86. The highest BCUT2D eigenvalue weighted by Gasteiger charge is 2.18. The molecule has 0 unspecified atom stereocenters. The lowest BCUT2D eigenvalue weighted by Crippen LogP contribution is -2.30. The fourth-order valence-corrected chi connectivity index (χ4v) is 1.96. The molecule has 0 spiro atoms. The summed E-state index contributed by atoms with van der Waals surface area (Å²) in [7, 11) is 1.62. The number of hydrogen-bond acceptors (Lipinski definition) is 5. The lowest BCUT2D eigenvalue weighted by atomic mass is 10.2. The predicted molar refractivity (Wildman–Crippen MR) is 78.4 cm³/mol. The highest BCUT2D eigenvalue weighted by atomic mass is 16.5. The van der Waals surface area contributed by atoms with Crippen LogP contribution in [0.3, 0.4) is 0 Å². The van der Waals surface area contributed by atoms with E-state index in [0.717, 1.165) is 11.3 Å². The van der Waals surface area contributed by atoms with Gasteiger partial charge >= 0.3 is 0 Å². The Morgan fingerprint density at radius 3 is 2.62 bits per heavy atom. The first-order valence-corrected chi connectivity index (χ1v) is 6.27. The van der Waals surface area contributed by atoms with E-state index in [1.54, 1.807) is 19.3 Å². The molecule has 0 fully saturated rings. The van der Waals surface area contributed by atoms with E-state index in [1.807, 2.05) is 30.3 Å². The quantitative estimate of drug-likeness (QED) is 0.839. The van der Waals surface area contributed by atoms with Crippen LogP contribution >= 0.6 is 0 Å². The minimum Gasteiger partial charge on any atom is -0.497 e. The number of amides is 1. The van der Waals surface area contributed by atoms with Gasteiger partial charge in [0.25, 0.3) is 5.91 Å². The number of nitrogens with one attached hydrogen (secondary N) is 1. The van der Waals surface area contributed by atoms with E-state index in [0.29, 0.717) is 11.5 Å². The fourth-order valence-electron chi connectivity index (χ4n) is 1.96. The van der Waals surface area contributed by atoms with Gasteiger partial charge in [-0.05, 0) is 36.4 Å². The number of carbonyl (C=O) groups is 1. The van der Waals surface area contributed by atoms with Gasteiger partial charge in [0.05, 0.1) is 7.11 Å². The third-order valence-corrected chi connectivity index (χ3v) is 3.00. The maximum Gasteiger partial charge on any atom is 0.276 e. The van der Waals surface area contributed by atoms with Crippen LogP contribution in [-0.2, 0) is 4.79 Å². The minimum atomic E-state index is -0.338. The molecule has 6 heteroatoms. The normalized spacial score (nSPS) is 16.0. The number of guanidine groups is 1. The topological polar surface area (TPSA) is 89.9 Å². The molecule has 1 amide bonds. The monoisotopic (exact) mass is 283 g/mol. The summed E-state index contributed by atoms with van der Waals surface area (Å²) < 4.78 is 10.8. The van der Waals surface area contributed by atoms with Crippen LogP contribution in [0, 0.1) is 0 Å². The van der Waals surface area contributed by atoms with Gasteiger partial charge in [-0.3, -0.25) is 10.1 Å². The fraction of sp³-hybridized carbons (Fsp3) is 0.0667. The minimum absolute atomic E-state index is 0.0909. The number of nitrogens with two attached hydrogens (primary N) is 1. The average molecular weight is 283 g/mol. The smallest absolute Gasteiger partial charge is 0.276 e. The average Bonchev–Trinajstić information content (AvgIpc) is 3.07. The van der Waals surface area contributed by atoms with Gasteiger partial charge in [-0.15, -0.1) is 0 Å². The van der Waals surface area contributed by atoms with E-state index in [4.69, 9.17) is 14.9 Å². The zero-order chi connectivity index (χ0) is 14.8. The molecule has 1 aromatic carbocycles. The summed E-state index contributed by atoms with van der Waals surface area (Å²) in [6.45, 7) is 0. The zero-order valence-electron chi connectivity index (χ0n) is 11.3. The van der Waals surface area contributed by atoms with Crippen LogP contribution in [0.25, 0.3) is 17.4 Å². The second kappa shape index (κ2) is 5.16. The summed E-state index contributed by atoms with van der Waals surface area (Å²) in [5.41, 5.74) is 6.57. The van der Waals surface area contributed by atoms with Gasteiger partial charge in [0.2, 0.25) is 5.96 Å². The Kier molecular flexibility index (Phi) is 3.19. The molecule has 0 radical (unpaired) electrons. The van der Waals surface area contributed by atoms with Gasteiger partial charge < -0.3 is 14.9 Å². The summed E-state index contributed by atoms with van der Waals surface area (Å²) in [4.78, 5) is 15.4. The van der Waals surface area contributed by atoms with Gasteiger partial charge in [0.15, 0.2) is 0 Å². The second-order valence-electron chi connectivity index (χ2n) is 4.41. The molecule has 3 N–H and O–H groups in total. The van der Waals surface area contributed by atoms with Crippen molar-refractivity contribution in [2.24, 2.45) is 10.7 Å². The number of methoxy groups -OCH3 is 1. The van der Waals surface area contributed by atoms with Crippen LogP contribution in [0.1, 0.15) is 5.76 Å². The molecule has 2 aromatic rings. The Morgan fingerprint density at radius 2 is 2.00 bits per heavy atom. The number of ether oxygens (including phenoxy) is 1. The number of benzene rings is 1. The van der Waals surface area contributed by atoms with Gasteiger partial charge in [0.1, 0.15) is 23.0 Å². The zero-order valence-corrected chi connectivity index (χ0v) is 11.3.